The van der Waals surface area contributed by atoms with Gasteiger partial charge in [-0.25, -0.2) is 4.79 Å². The second-order valence-electron chi connectivity index (χ2n) is 3.97. The summed E-state index contributed by atoms with van der Waals surface area (Å²) < 4.78 is 5.20. The molecule has 1 aromatic heterocycles. The van der Waals surface area contributed by atoms with E-state index < -0.39 is 12.0 Å². The quantitative estimate of drug-likeness (QED) is 0.772. The lowest BCUT2D eigenvalue weighted by atomic mass is 10.2. The van der Waals surface area contributed by atoms with Gasteiger partial charge < -0.3 is 15.2 Å². The first-order valence-corrected chi connectivity index (χ1v) is 5.65. The zero-order chi connectivity index (χ0) is 12.3. The molecule has 92 valence electrons. The van der Waals surface area contributed by atoms with Crippen molar-refractivity contribution in [3.63, 3.8) is 0 Å². The van der Waals surface area contributed by atoms with E-state index in [4.69, 9.17) is 9.84 Å². The fraction of sp³-hybridized carbons (Fsp3) is 0.545. The average molecular weight is 237 g/mol. The van der Waals surface area contributed by atoms with E-state index in [0.29, 0.717) is 18.3 Å². The minimum absolute atomic E-state index is 0.199. The average Bonchev–Trinajstić information content (AvgIpc) is 3.10. The maximum Gasteiger partial charge on any atom is 0.326 e. The Kier molecular flexibility index (Phi) is 3.41. The zero-order valence-corrected chi connectivity index (χ0v) is 9.59. The van der Waals surface area contributed by atoms with E-state index in [-0.39, 0.29) is 5.92 Å². The van der Waals surface area contributed by atoms with Crippen LogP contribution < -0.4 is 10.1 Å². The van der Waals surface area contributed by atoms with Gasteiger partial charge in [0, 0.05) is 0 Å². The summed E-state index contributed by atoms with van der Waals surface area (Å²) in [5.41, 5.74) is 0. The third-order valence-corrected chi connectivity index (χ3v) is 2.57. The van der Waals surface area contributed by atoms with Crippen LogP contribution in [0.4, 0.5) is 5.82 Å². The van der Waals surface area contributed by atoms with Crippen molar-refractivity contribution >= 4 is 11.8 Å². The molecule has 0 aliphatic heterocycles. The summed E-state index contributed by atoms with van der Waals surface area (Å²) in [4.78, 5) is 19.1. The molecule has 0 bridgehead atoms. The second-order valence-corrected chi connectivity index (χ2v) is 3.97. The summed E-state index contributed by atoms with van der Waals surface area (Å²) in [5.74, 6) is 0.189. The summed E-state index contributed by atoms with van der Waals surface area (Å²) >= 11 is 0. The first-order chi connectivity index (χ1) is 8.20. The number of hydrogen-bond acceptors (Lipinski definition) is 5. The van der Waals surface area contributed by atoms with Gasteiger partial charge in [-0.3, -0.25) is 4.98 Å². The van der Waals surface area contributed by atoms with Crippen molar-refractivity contribution < 1.29 is 14.6 Å². The molecular weight excluding hydrogens is 222 g/mol. The maximum absolute atomic E-state index is 11.1. The number of rotatable bonds is 6. The number of hydrogen-bond donors (Lipinski definition) is 2. The van der Waals surface area contributed by atoms with Crippen molar-refractivity contribution in [3.8, 4) is 5.88 Å². The van der Waals surface area contributed by atoms with E-state index in [9.17, 15) is 4.79 Å². The minimum Gasteiger partial charge on any atom is -0.480 e. The largest absolute Gasteiger partial charge is 0.480 e. The summed E-state index contributed by atoms with van der Waals surface area (Å²) in [6.07, 6.45) is 4.90. The Hall–Kier alpha value is -1.85. The number of nitrogens with zero attached hydrogens (tertiary/aromatic N) is 2. The minimum atomic E-state index is -0.851. The molecule has 6 heteroatoms. The van der Waals surface area contributed by atoms with E-state index in [1.807, 2.05) is 6.92 Å². The van der Waals surface area contributed by atoms with Crippen molar-refractivity contribution in [2.24, 2.45) is 5.92 Å². The van der Waals surface area contributed by atoms with Crippen molar-refractivity contribution in [1.82, 2.24) is 9.97 Å². The fourth-order valence-electron chi connectivity index (χ4n) is 1.61. The SMILES string of the molecule is CCOc1cncc(NC(C(=O)O)C2CC2)n1. The summed E-state index contributed by atoms with van der Waals surface area (Å²) in [5, 5.41) is 12.0. The van der Waals surface area contributed by atoms with Gasteiger partial charge in [0.15, 0.2) is 0 Å². The Labute approximate surface area is 99.0 Å². The van der Waals surface area contributed by atoms with Gasteiger partial charge in [-0.15, -0.1) is 0 Å². The number of carboxylic acids is 1. The molecule has 1 unspecified atom stereocenters. The van der Waals surface area contributed by atoms with Crippen molar-refractivity contribution in [2.45, 2.75) is 25.8 Å². The van der Waals surface area contributed by atoms with Gasteiger partial charge in [-0.1, -0.05) is 0 Å². The highest BCUT2D eigenvalue weighted by molar-refractivity contribution is 5.77. The van der Waals surface area contributed by atoms with Crippen LogP contribution in [0.2, 0.25) is 0 Å². The third-order valence-electron chi connectivity index (χ3n) is 2.57. The summed E-state index contributed by atoms with van der Waals surface area (Å²) in [7, 11) is 0. The molecule has 1 aliphatic rings. The van der Waals surface area contributed by atoms with Crippen molar-refractivity contribution in [1.29, 1.82) is 0 Å². The molecule has 0 saturated heterocycles. The lowest BCUT2D eigenvalue weighted by molar-refractivity contribution is -0.138. The molecule has 0 spiro atoms. The van der Waals surface area contributed by atoms with E-state index >= 15 is 0 Å². The molecule has 0 radical (unpaired) electrons. The first-order valence-electron chi connectivity index (χ1n) is 5.65. The van der Waals surface area contributed by atoms with Gasteiger partial charge in [0.05, 0.1) is 19.0 Å². The van der Waals surface area contributed by atoms with Crippen LogP contribution in [0.3, 0.4) is 0 Å². The molecule has 1 saturated carbocycles. The molecule has 6 nitrogen and oxygen atoms in total. The third kappa shape index (κ3) is 3.05. The molecular formula is C11H15N3O3. The van der Waals surface area contributed by atoms with Crippen LogP contribution in [0.25, 0.3) is 0 Å². The highest BCUT2D eigenvalue weighted by atomic mass is 16.5. The number of nitrogens with one attached hydrogen (secondary N) is 1. The van der Waals surface area contributed by atoms with Gasteiger partial charge in [0.25, 0.3) is 0 Å². The fourth-order valence-corrected chi connectivity index (χ4v) is 1.61. The van der Waals surface area contributed by atoms with Gasteiger partial charge in [-0.05, 0) is 25.7 Å². The molecule has 0 aromatic carbocycles. The van der Waals surface area contributed by atoms with Crippen molar-refractivity contribution in [2.75, 3.05) is 11.9 Å². The Morgan fingerprint density at radius 3 is 3.00 bits per heavy atom. The first kappa shape index (κ1) is 11.6. The van der Waals surface area contributed by atoms with Crippen LogP contribution in [0, 0.1) is 5.92 Å². The lowest BCUT2D eigenvalue weighted by Gasteiger charge is -2.14. The molecule has 17 heavy (non-hydrogen) atoms. The van der Waals surface area contributed by atoms with Gasteiger partial charge >= 0.3 is 5.97 Å². The summed E-state index contributed by atoms with van der Waals surface area (Å²) in [6, 6.07) is -0.582. The Bertz CT molecular complexity index is 407. The van der Waals surface area contributed by atoms with Crippen LogP contribution in [-0.2, 0) is 4.79 Å². The molecule has 0 amide bonds. The van der Waals surface area contributed by atoms with Crippen LogP contribution in [0.15, 0.2) is 12.4 Å². The topological polar surface area (TPSA) is 84.3 Å². The van der Waals surface area contributed by atoms with Gasteiger partial charge in [0.1, 0.15) is 11.9 Å². The predicted molar refractivity (Wildman–Crippen MR) is 61.0 cm³/mol. The van der Waals surface area contributed by atoms with E-state index in [1.54, 1.807) is 0 Å². The number of aliphatic carboxylic acids is 1. The van der Waals surface area contributed by atoms with Crippen LogP contribution in [-0.4, -0.2) is 33.7 Å². The van der Waals surface area contributed by atoms with E-state index in [1.165, 1.54) is 12.4 Å². The number of aromatic nitrogens is 2. The molecule has 1 fully saturated rings. The van der Waals surface area contributed by atoms with Crippen LogP contribution in [0.5, 0.6) is 5.88 Å². The number of carbonyl (C=O) groups is 1. The molecule has 2 rings (SSSR count). The zero-order valence-electron chi connectivity index (χ0n) is 9.59. The second kappa shape index (κ2) is 4.99. The summed E-state index contributed by atoms with van der Waals surface area (Å²) in [6.45, 7) is 2.36. The van der Waals surface area contributed by atoms with Crippen LogP contribution >= 0.6 is 0 Å². The molecule has 1 aliphatic carbocycles. The Balaban J connectivity index is 2.05. The van der Waals surface area contributed by atoms with E-state index in [0.717, 1.165) is 12.8 Å². The highest BCUT2D eigenvalue weighted by Crippen LogP contribution is 2.34. The normalized spacial score (nSPS) is 16.3. The van der Waals surface area contributed by atoms with Crippen LogP contribution in [0.1, 0.15) is 19.8 Å². The van der Waals surface area contributed by atoms with Gasteiger partial charge in [0.2, 0.25) is 5.88 Å². The standard InChI is InChI=1S/C11H15N3O3/c1-2-17-9-6-12-5-8(13-9)14-10(11(15)16)7-3-4-7/h5-7,10H,2-4H2,1H3,(H,13,14)(H,15,16). The number of carboxylic acid groups (broad SMARTS) is 1. The molecule has 2 N–H and O–H groups in total. The van der Waals surface area contributed by atoms with E-state index in [2.05, 4.69) is 15.3 Å². The Morgan fingerprint density at radius 1 is 1.65 bits per heavy atom. The molecule has 1 atom stereocenters. The molecule has 1 heterocycles. The smallest absolute Gasteiger partial charge is 0.326 e. The number of ether oxygens (including phenoxy) is 1. The predicted octanol–water partition coefficient (Wildman–Crippen LogP) is 1.15. The van der Waals surface area contributed by atoms with Gasteiger partial charge in [-0.2, -0.15) is 4.98 Å². The maximum atomic E-state index is 11.1. The monoisotopic (exact) mass is 237 g/mol. The molecule has 1 aromatic rings. The number of anilines is 1. The lowest BCUT2D eigenvalue weighted by Crippen LogP contribution is -2.31. The van der Waals surface area contributed by atoms with Crippen molar-refractivity contribution in [3.05, 3.63) is 12.4 Å². The Morgan fingerprint density at radius 2 is 2.41 bits per heavy atom. The highest BCUT2D eigenvalue weighted by Gasteiger charge is 2.36.